The molecule has 0 saturated carbocycles. The fourth-order valence-corrected chi connectivity index (χ4v) is 4.55. The van der Waals surface area contributed by atoms with Gasteiger partial charge >= 0.3 is 0 Å². The molecule has 0 spiro atoms. The number of benzene rings is 2. The van der Waals surface area contributed by atoms with Gasteiger partial charge < -0.3 is 4.74 Å². The molecule has 0 bridgehead atoms. The standard InChI is InChI=1S/C24H21Cl2NO3/c1-2-13-30-16-11-9-15(10-12-16)17-14-22(29)27(19-6-4-8-21(28)23(17)19)20-7-3-5-18(25)24(20)26/h2-3,5,7,9-12,17H,1,4,6,8,13-14H2. The summed E-state index contributed by atoms with van der Waals surface area (Å²) in [4.78, 5) is 27.8. The molecule has 2 aliphatic rings. The zero-order chi connectivity index (χ0) is 21.3. The van der Waals surface area contributed by atoms with Crippen LogP contribution in [-0.2, 0) is 9.59 Å². The minimum absolute atomic E-state index is 0.0869. The molecule has 0 aromatic heterocycles. The number of hydrogen-bond donors (Lipinski definition) is 0. The Morgan fingerprint density at radius 3 is 2.60 bits per heavy atom. The summed E-state index contributed by atoms with van der Waals surface area (Å²) >= 11 is 12.6. The molecule has 2 aromatic carbocycles. The van der Waals surface area contributed by atoms with Gasteiger partial charge in [-0.25, -0.2) is 0 Å². The van der Waals surface area contributed by atoms with Crippen molar-refractivity contribution < 1.29 is 14.3 Å². The summed E-state index contributed by atoms with van der Waals surface area (Å²) in [7, 11) is 0. The fourth-order valence-electron chi connectivity index (χ4n) is 4.17. The van der Waals surface area contributed by atoms with Crippen LogP contribution in [0.3, 0.4) is 0 Å². The van der Waals surface area contributed by atoms with Gasteiger partial charge in [0.2, 0.25) is 5.91 Å². The van der Waals surface area contributed by atoms with E-state index in [1.165, 1.54) is 0 Å². The van der Waals surface area contributed by atoms with Crippen LogP contribution in [0.5, 0.6) is 5.75 Å². The third kappa shape index (κ3) is 3.78. The number of halogens is 2. The van der Waals surface area contributed by atoms with Gasteiger partial charge in [0.05, 0.1) is 15.7 Å². The molecule has 4 rings (SSSR count). The van der Waals surface area contributed by atoms with Crippen molar-refractivity contribution in [3.63, 3.8) is 0 Å². The maximum Gasteiger partial charge on any atom is 0.232 e. The predicted molar refractivity (Wildman–Crippen MR) is 119 cm³/mol. The summed E-state index contributed by atoms with van der Waals surface area (Å²) in [5, 5.41) is 0.697. The number of Topliss-reactive ketones (excluding diaryl/α,β-unsaturated/α-hetero) is 1. The maximum absolute atomic E-state index is 13.3. The first kappa shape index (κ1) is 20.7. The molecule has 2 aromatic rings. The first-order valence-electron chi connectivity index (χ1n) is 9.88. The minimum atomic E-state index is -0.275. The average molecular weight is 442 g/mol. The SMILES string of the molecule is C=CCOc1ccc(C2CC(=O)N(c3cccc(Cl)c3Cl)C3=C2C(=O)CCC3)cc1. The van der Waals surface area contributed by atoms with Gasteiger partial charge in [0.15, 0.2) is 5.78 Å². The molecule has 1 heterocycles. The number of carbonyl (C=O) groups is 2. The van der Waals surface area contributed by atoms with Crippen LogP contribution in [0, 0.1) is 0 Å². The molecule has 6 heteroatoms. The van der Waals surface area contributed by atoms with Crippen molar-refractivity contribution >= 4 is 40.6 Å². The zero-order valence-electron chi connectivity index (χ0n) is 16.4. The molecule has 0 radical (unpaired) electrons. The maximum atomic E-state index is 13.3. The zero-order valence-corrected chi connectivity index (χ0v) is 17.9. The largest absolute Gasteiger partial charge is 0.490 e. The Morgan fingerprint density at radius 2 is 1.87 bits per heavy atom. The highest BCUT2D eigenvalue weighted by Crippen LogP contribution is 2.45. The van der Waals surface area contributed by atoms with Crippen LogP contribution in [0.2, 0.25) is 10.0 Å². The highest BCUT2D eigenvalue weighted by Gasteiger charge is 2.40. The van der Waals surface area contributed by atoms with Gasteiger partial charge in [-0.2, -0.15) is 0 Å². The fraction of sp³-hybridized carbons (Fsp3) is 0.250. The average Bonchev–Trinajstić information content (AvgIpc) is 2.75. The number of allylic oxidation sites excluding steroid dienone is 2. The van der Waals surface area contributed by atoms with Crippen LogP contribution >= 0.6 is 23.2 Å². The molecule has 1 aliphatic carbocycles. The minimum Gasteiger partial charge on any atom is -0.490 e. The number of rotatable bonds is 5. The lowest BCUT2D eigenvalue weighted by Gasteiger charge is -2.38. The summed E-state index contributed by atoms with van der Waals surface area (Å²) in [5.41, 5.74) is 2.90. The Morgan fingerprint density at radius 1 is 1.10 bits per heavy atom. The van der Waals surface area contributed by atoms with E-state index < -0.39 is 0 Å². The van der Waals surface area contributed by atoms with E-state index >= 15 is 0 Å². The quantitative estimate of drug-likeness (QED) is 0.527. The van der Waals surface area contributed by atoms with Crippen molar-refractivity contribution in [1.29, 1.82) is 0 Å². The Bertz CT molecular complexity index is 1040. The number of carbonyl (C=O) groups excluding carboxylic acids is 2. The van der Waals surface area contributed by atoms with Crippen molar-refractivity contribution in [2.75, 3.05) is 11.5 Å². The van der Waals surface area contributed by atoms with Gasteiger partial charge in [0, 0.05) is 30.0 Å². The van der Waals surface area contributed by atoms with Crippen LogP contribution in [0.4, 0.5) is 5.69 Å². The number of ether oxygens (including phenoxy) is 1. The molecular weight excluding hydrogens is 421 g/mol. The summed E-state index contributed by atoms with van der Waals surface area (Å²) in [6.45, 7) is 4.06. The second kappa shape index (κ2) is 8.66. The van der Waals surface area contributed by atoms with Crippen molar-refractivity contribution in [1.82, 2.24) is 0 Å². The number of amides is 1. The smallest absolute Gasteiger partial charge is 0.232 e. The van der Waals surface area contributed by atoms with E-state index in [1.54, 1.807) is 29.2 Å². The van der Waals surface area contributed by atoms with E-state index in [2.05, 4.69) is 6.58 Å². The Labute approximate surface area is 185 Å². The lowest BCUT2D eigenvalue weighted by molar-refractivity contribution is -0.119. The Kier molecular flexibility index (Phi) is 5.98. The van der Waals surface area contributed by atoms with E-state index in [0.717, 1.165) is 17.0 Å². The Balaban J connectivity index is 1.78. The predicted octanol–water partition coefficient (Wildman–Crippen LogP) is 6.09. The van der Waals surface area contributed by atoms with Gasteiger partial charge in [-0.3, -0.25) is 14.5 Å². The highest BCUT2D eigenvalue weighted by atomic mass is 35.5. The second-order valence-corrected chi connectivity index (χ2v) is 8.15. The Hall–Kier alpha value is -2.56. The molecule has 0 N–H and O–H groups in total. The van der Waals surface area contributed by atoms with Crippen LogP contribution in [-0.4, -0.2) is 18.3 Å². The van der Waals surface area contributed by atoms with Gasteiger partial charge in [-0.05, 0) is 42.7 Å². The molecule has 1 unspecified atom stereocenters. The molecule has 1 amide bonds. The van der Waals surface area contributed by atoms with E-state index in [1.807, 2.05) is 24.3 Å². The normalized spacial score (nSPS) is 19.0. The topological polar surface area (TPSA) is 46.6 Å². The summed E-state index contributed by atoms with van der Waals surface area (Å²) in [6, 6.07) is 12.8. The van der Waals surface area contributed by atoms with Gasteiger partial charge in [-0.1, -0.05) is 54.1 Å². The van der Waals surface area contributed by atoms with Crippen LogP contribution in [0.15, 0.2) is 66.4 Å². The first-order valence-corrected chi connectivity index (χ1v) is 10.6. The summed E-state index contributed by atoms with van der Waals surface area (Å²) < 4.78 is 5.55. The third-order valence-electron chi connectivity index (χ3n) is 5.50. The van der Waals surface area contributed by atoms with E-state index in [-0.39, 0.29) is 24.0 Å². The molecule has 1 atom stereocenters. The number of hydrogen-bond acceptors (Lipinski definition) is 3. The van der Waals surface area contributed by atoms with E-state index in [9.17, 15) is 9.59 Å². The molecular formula is C24H21Cl2NO3. The lowest BCUT2D eigenvalue weighted by atomic mass is 9.77. The van der Waals surface area contributed by atoms with Crippen molar-refractivity contribution in [2.24, 2.45) is 0 Å². The first-order chi connectivity index (χ1) is 14.5. The van der Waals surface area contributed by atoms with Gasteiger partial charge in [-0.15, -0.1) is 0 Å². The van der Waals surface area contributed by atoms with Crippen molar-refractivity contribution in [2.45, 2.75) is 31.6 Å². The molecule has 154 valence electrons. The second-order valence-electron chi connectivity index (χ2n) is 7.36. The van der Waals surface area contributed by atoms with E-state index in [0.29, 0.717) is 47.2 Å². The number of ketones is 1. The molecule has 30 heavy (non-hydrogen) atoms. The van der Waals surface area contributed by atoms with Crippen LogP contribution < -0.4 is 9.64 Å². The van der Waals surface area contributed by atoms with Gasteiger partial charge in [0.1, 0.15) is 12.4 Å². The van der Waals surface area contributed by atoms with Gasteiger partial charge in [0.25, 0.3) is 0 Å². The molecule has 1 aliphatic heterocycles. The number of anilines is 1. The third-order valence-corrected chi connectivity index (χ3v) is 6.31. The van der Waals surface area contributed by atoms with Crippen LogP contribution in [0.1, 0.15) is 37.2 Å². The summed E-state index contributed by atoms with van der Waals surface area (Å²) in [5.74, 6) is 0.439. The van der Waals surface area contributed by atoms with E-state index in [4.69, 9.17) is 27.9 Å². The van der Waals surface area contributed by atoms with Crippen molar-refractivity contribution in [3.8, 4) is 5.75 Å². The molecule has 0 fully saturated rings. The number of nitrogens with zero attached hydrogens (tertiary/aromatic N) is 1. The summed E-state index contributed by atoms with van der Waals surface area (Å²) in [6.07, 6.45) is 3.72. The van der Waals surface area contributed by atoms with Crippen LogP contribution in [0.25, 0.3) is 0 Å². The molecule has 0 saturated heterocycles. The van der Waals surface area contributed by atoms with Crippen molar-refractivity contribution in [3.05, 3.63) is 82.0 Å². The highest BCUT2D eigenvalue weighted by molar-refractivity contribution is 6.44. The lowest BCUT2D eigenvalue weighted by Crippen LogP contribution is -2.40. The monoisotopic (exact) mass is 441 g/mol. The molecule has 4 nitrogen and oxygen atoms in total.